The maximum absolute atomic E-state index is 11.5. The number of nitrogens with one attached hydrogen (secondary N) is 1. The Morgan fingerprint density at radius 3 is 3.07 bits per heavy atom. The van der Waals surface area contributed by atoms with Gasteiger partial charge in [-0.25, -0.2) is 0 Å². The number of rotatable bonds is 2. The molecule has 0 atom stereocenters. The molecule has 0 bridgehead atoms. The maximum Gasteiger partial charge on any atom is 0.166 e. The average molecular weight is 190 g/mol. The van der Waals surface area contributed by atoms with Crippen molar-refractivity contribution in [1.29, 1.82) is 0 Å². The van der Waals surface area contributed by atoms with Crippen molar-refractivity contribution in [1.82, 2.24) is 0 Å². The minimum Gasteiger partial charge on any atom is -0.384 e. The van der Waals surface area contributed by atoms with Gasteiger partial charge in [-0.15, -0.1) is 0 Å². The highest BCUT2D eigenvalue weighted by atomic mass is 16.3. The molecule has 14 heavy (non-hydrogen) atoms. The van der Waals surface area contributed by atoms with E-state index in [0.717, 1.165) is 11.3 Å². The smallest absolute Gasteiger partial charge is 0.166 e. The summed E-state index contributed by atoms with van der Waals surface area (Å²) in [5, 5.41) is 5.96. The van der Waals surface area contributed by atoms with Gasteiger partial charge in [-0.1, -0.05) is 17.3 Å². The number of nitroso groups, excluding NO2 is 1. The zero-order chi connectivity index (χ0) is 9.97. The molecule has 1 aromatic carbocycles. The number of Topliss-reactive ketones (excluding diaryl/α,β-unsaturated/α-hetero) is 1. The van der Waals surface area contributed by atoms with Crippen LogP contribution < -0.4 is 5.32 Å². The molecule has 0 aromatic heterocycles. The first-order valence-corrected chi connectivity index (χ1v) is 4.51. The normalized spacial score (nSPS) is 14.4. The molecule has 1 aliphatic rings. The Balaban J connectivity index is 2.49. The van der Waals surface area contributed by atoms with E-state index >= 15 is 0 Å². The van der Waals surface area contributed by atoms with E-state index in [0.29, 0.717) is 18.5 Å². The molecule has 1 aliphatic heterocycles. The lowest BCUT2D eigenvalue weighted by Gasteiger charge is -2.19. The van der Waals surface area contributed by atoms with Gasteiger partial charge in [0.25, 0.3) is 0 Å². The second-order valence-electron chi connectivity index (χ2n) is 3.23. The molecule has 0 unspecified atom stereocenters. The monoisotopic (exact) mass is 190 g/mol. The van der Waals surface area contributed by atoms with Gasteiger partial charge < -0.3 is 5.32 Å². The summed E-state index contributed by atoms with van der Waals surface area (Å²) in [6.45, 7) is 0.755. The van der Waals surface area contributed by atoms with Crippen LogP contribution in [0.25, 0.3) is 0 Å². The number of hydrogen-bond acceptors (Lipinski definition) is 4. The van der Waals surface area contributed by atoms with E-state index in [-0.39, 0.29) is 12.3 Å². The fraction of sp³-hybridized carbons (Fsp3) is 0.300. The van der Waals surface area contributed by atoms with Crippen LogP contribution in [-0.2, 0) is 6.54 Å². The molecule has 0 fully saturated rings. The number of carbonyl (C=O) groups excluding carboxylic acids is 1. The Kier molecular flexibility index (Phi) is 2.26. The first kappa shape index (κ1) is 8.87. The number of hydrogen-bond donors (Lipinski definition) is 1. The van der Waals surface area contributed by atoms with E-state index in [9.17, 15) is 9.70 Å². The summed E-state index contributed by atoms with van der Waals surface area (Å²) in [6.07, 6.45) is 0.519. The van der Waals surface area contributed by atoms with Gasteiger partial charge in [0.05, 0.1) is 5.69 Å². The molecule has 72 valence electrons. The minimum atomic E-state index is 0.115. The van der Waals surface area contributed by atoms with Gasteiger partial charge in [-0.05, 0) is 6.07 Å². The molecule has 2 rings (SSSR count). The van der Waals surface area contributed by atoms with Crippen LogP contribution in [0.1, 0.15) is 22.3 Å². The molecule has 1 heterocycles. The Morgan fingerprint density at radius 2 is 2.29 bits per heavy atom. The Bertz CT molecular complexity index is 388. The lowest BCUT2D eigenvalue weighted by atomic mass is 9.98. The molecule has 4 heteroatoms. The van der Waals surface area contributed by atoms with Gasteiger partial charge in [-0.2, -0.15) is 4.91 Å². The van der Waals surface area contributed by atoms with Crippen molar-refractivity contribution in [2.45, 2.75) is 13.0 Å². The summed E-state index contributed by atoms with van der Waals surface area (Å²) in [5.41, 5.74) is 2.26. The number of para-hydroxylation sites is 1. The maximum atomic E-state index is 11.5. The minimum absolute atomic E-state index is 0.115. The van der Waals surface area contributed by atoms with Crippen molar-refractivity contribution in [2.24, 2.45) is 5.18 Å². The number of benzene rings is 1. The molecule has 0 saturated carbocycles. The van der Waals surface area contributed by atoms with Crippen LogP contribution in [0.5, 0.6) is 0 Å². The fourth-order valence-electron chi connectivity index (χ4n) is 1.68. The summed E-state index contributed by atoms with van der Waals surface area (Å²) in [7, 11) is 0. The zero-order valence-corrected chi connectivity index (χ0v) is 7.62. The Labute approximate surface area is 81.3 Å². The summed E-state index contributed by atoms with van der Waals surface area (Å²) in [4.78, 5) is 21.7. The third kappa shape index (κ3) is 1.39. The summed E-state index contributed by atoms with van der Waals surface area (Å²) < 4.78 is 0. The van der Waals surface area contributed by atoms with Gasteiger partial charge in [0, 0.05) is 24.1 Å². The predicted octanol–water partition coefficient (Wildman–Crippen LogP) is 1.95. The third-order valence-corrected chi connectivity index (χ3v) is 2.34. The topological polar surface area (TPSA) is 58.5 Å². The molecule has 0 saturated heterocycles. The van der Waals surface area contributed by atoms with Crippen molar-refractivity contribution in [3.8, 4) is 0 Å². The van der Waals surface area contributed by atoms with Crippen molar-refractivity contribution in [3.63, 3.8) is 0 Å². The van der Waals surface area contributed by atoms with E-state index in [4.69, 9.17) is 0 Å². The third-order valence-electron chi connectivity index (χ3n) is 2.34. The SMILES string of the molecule is O=NCc1cccc2c1NCCC2=O. The molecule has 1 aromatic rings. The van der Waals surface area contributed by atoms with Gasteiger partial charge >= 0.3 is 0 Å². The molecule has 1 N–H and O–H groups in total. The van der Waals surface area contributed by atoms with Crippen molar-refractivity contribution < 1.29 is 4.79 Å². The van der Waals surface area contributed by atoms with E-state index in [1.54, 1.807) is 12.1 Å². The van der Waals surface area contributed by atoms with E-state index in [1.165, 1.54) is 0 Å². The molecular weight excluding hydrogens is 180 g/mol. The lowest BCUT2D eigenvalue weighted by molar-refractivity contribution is 0.0983. The second-order valence-corrected chi connectivity index (χ2v) is 3.23. The molecule has 0 aliphatic carbocycles. The largest absolute Gasteiger partial charge is 0.384 e. The molecule has 0 amide bonds. The highest BCUT2D eigenvalue weighted by Crippen LogP contribution is 2.26. The highest BCUT2D eigenvalue weighted by Gasteiger charge is 2.18. The Morgan fingerprint density at radius 1 is 1.43 bits per heavy atom. The van der Waals surface area contributed by atoms with Crippen LogP contribution in [0.2, 0.25) is 0 Å². The van der Waals surface area contributed by atoms with Crippen LogP contribution in [0, 0.1) is 4.91 Å². The van der Waals surface area contributed by atoms with E-state index in [1.807, 2.05) is 6.07 Å². The summed E-state index contributed by atoms with van der Waals surface area (Å²) in [6, 6.07) is 5.37. The van der Waals surface area contributed by atoms with Gasteiger partial charge in [0.1, 0.15) is 6.54 Å². The second kappa shape index (κ2) is 3.57. The van der Waals surface area contributed by atoms with Crippen molar-refractivity contribution >= 4 is 11.5 Å². The van der Waals surface area contributed by atoms with Crippen LogP contribution in [0.4, 0.5) is 5.69 Å². The van der Waals surface area contributed by atoms with Crippen LogP contribution >= 0.6 is 0 Å². The molecule has 0 radical (unpaired) electrons. The van der Waals surface area contributed by atoms with Crippen molar-refractivity contribution in [3.05, 3.63) is 34.2 Å². The number of anilines is 1. The first-order valence-electron chi connectivity index (χ1n) is 4.51. The average Bonchev–Trinajstić information content (AvgIpc) is 2.20. The van der Waals surface area contributed by atoms with Crippen LogP contribution in [0.15, 0.2) is 23.4 Å². The first-order chi connectivity index (χ1) is 6.83. The van der Waals surface area contributed by atoms with Crippen LogP contribution in [0.3, 0.4) is 0 Å². The summed E-state index contributed by atoms with van der Waals surface area (Å²) >= 11 is 0. The Hall–Kier alpha value is -1.71. The molecule has 0 spiro atoms. The number of nitrogens with zero attached hydrogens (tertiary/aromatic N) is 1. The molecular formula is C10H10N2O2. The van der Waals surface area contributed by atoms with Gasteiger partial charge in [-0.3, -0.25) is 4.79 Å². The molecule has 4 nitrogen and oxygen atoms in total. The van der Waals surface area contributed by atoms with Crippen LogP contribution in [-0.4, -0.2) is 12.3 Å². The number of carbonyl (C=O) groups is 1. The van der Waals surface area contributed by atoms with Gasteiger partial charge in [0.15, 0.2) is 5.78 Å². The van der Waals surface area contributed by atoms with Gasteiger partial charge in [0.2, 0.25) is 0 Å². The number of ketones is 1. The predicted molar refractivity (Wildman–Crippen MR) is 53.4 cm³/mol. The fourth-order valence-corrected chi connectivity index (χ4v) is 1.68. The van der Waals surface area contributed by atoms with Crippen molar-refractivity contribution in [2.75, 3.05) is 11.9 Å². The van der Waals surface area contributed by atoms with E-state index < -0.39 is 0 Å². The number of fused-ring (bicyclic) bond motifs is 1. The zero-order valence-electron chi connectivity index (χ0n) is 7.62. The highest BCUT2D eigenvalue weighted by molar-refractivity contribution is 6.03. The quantitative estimate of drug-likeness (QED) is 0.725. The standard InChI is InChI=1S/C10H10N2O2/c13-9-4-5-11-10-7(6-12-14)2-1-3-8(9)10/h1-3,11H,4-6H2. The van der Waals surface area contributed by atoms with E-state index in [2.05, 4.69) is 10.5 Å². The lowest BCUT2D eigenvalue weighted by Crippen LogP contribution is -2.19. The summed E-state index contributed by atoms with van der Waals surface area (Å²) in [5.74, 6) is 0.131.